The maximum absolute atomic E-state index is 12.0. The summed E-state index contributed by atoms with van der Waals surface area (Å²) in [6.45, 7) is 5.31. The van der Waals surface area contributed by atoms with Crippen molar-refractivity contribution >= 4 is 23.8 Å². The van der Waals surface area contributed by atoms with Gasteiger partial charge in [-0.1, -0.05) is 13.8 Å². The minimum atomic E-state index is -0.791. The number of likely N-dealkylation sites (tertiary alicyclic amines) is 1. The number of carboxylic acid groups (broad SMARTS) is 1. The van der Waals surface area contributed by atoms with E-state index in [9.17, 15) is 14.7 Å². The van der Waals surface area contributed by atoms with Crippen LogP contribution in [0.2, 0.25) is 0 Å². The largest absolute Gasteiger partial charge is 0.481 e. The molecule has 0 aromatic heterocycles. The first kappa shape index (κ1) is 16.1. The Balaban J connectivity index is 2.50. The van der Waals surface area contributed by atoms with E-state index in [1.807, 2.05) is 20.1 Å². The molecule has 6 heteroatoms. The molecule has 0 aromatic rings. The molecule has 1 unspecified atom stereocenters. The Kier molecular flexibility index (Phi) is 5.97. The lowest BCUT2D eigenvalue weighted by molar-refractivity contribution is -0.150. The van der Waals surface area contributed by atoms with Gasteiger partial charge >= 0.3 is 12.0 Å². The second-order valence-electron chi connectivity index (χ2n) is 5.37. The van der Waals surface area contributed by atoms with E-state index in [0.29, 0.717) is 26.1 Å². The van der Waals surface area contributed by atoms with Crippen molar-refractivity contribution in [3.63, 3.8) is 0 Å². The molecule has 0 bridgehead atoms. The van der Waals surface area contributed by atoms with Crippen molar-refractivity contribution in [1.82, 2.24) is 10.2 Å². The molecule has 1 atom stereocenters. The molecule has 2 amide bonds. The molecule has 1 aliphatic heterocycles. The summed E-state index contributed by atoms with van der Waals surface area (Å²) in [7, 11) is 0. The Morgan fingerprint density at radius 1 is 1.47 bits per heavy atom. The van der Waals surface area contributed by atoms with Gasteiger partial charge in [-0.25, -0.2) is 4.79 Å². The van der Waals surface area contributed by atoms with Gasteiger partial charge in [-0.2, -0.15) is 11.8 Å². The van der Waals surface area contributed by atoms with Crippen LogP contribution in [0.25, 0.3) is 0 Å². The summed E-state index contributed by atoms with van der Waals surface area (Å²) in [6, 6.07) is -0.134. The number of nitrogens with zero attached hydrogens (tertiary/aromatic N) is 1. The van der Waals surface area contributed by atoms with Crippen LogP contribution in [-0.2, 0) is 4.79 Å². The zero-order valence-electron chi connectivity index (χ0n) is 11.9. The van der Waals surface area contributed by atoms with Gasteiger partial charge in [0.2, 0.25) is 0 Å². The van der Waals surface area contributed by atoms with E-state index in [4.69, 9.17) is 0 Å². The Labute approximate surface area is 119 Å². The molecule has 0 saturated carbocycles. The average molecular weight is 288 g/mol. The third kappa shape index (κ3) is 3.78. The molecular weight excluding hydrogens is 264 g/mol. The van der Waals surface area contributed by atoms with Crippen LogP contribution < -0.4 is 5.32 Å². The molecule has 1 heterocycles. The van der Waals surface area contributed by atoms with Crippen molar-refractivity contribution in [2.75, 3.05) is 31.6 Å². The molecule has 110 valence electrons. The first-order valence-corrected chi connectivity index (χ1v) is 8.08. The van der Waals surface area contributed by atoms with Crippen LogP contribution in [0.3, 0.4) is 0 Å². The van der Waals surface area contributed by atoms with Gasteiger partial charge in [0, 0.05) is 19.6 Å². The van der Waals surface area contributed by atoms with Crippen molar-refractivity contribution < 1.29 is 14.7 Å². The smallest absolute Gasteiger partial charge is 0.317 e. The van der Waals surface area contributed by atoms with Crippen LogP contribution in [0.1, 0.15) is 26.7 Å². The van der Waals surface area contributed by atoms with Gasteiger partial charge in [0.25, 0.3) is 0 Å². The predicted octanol–water partition coefficient (Wildman–Crippen LogP) is 1.88. The van der Waals surface area contributed by atoms with Gasteiger partial charge in [0.1, 0.15) is 0 Å². The Morgan fingerprint density at radius 2 is 2.16 bits per heavy atom. The van der Waals surface area contributed by atoms with Gasteiger partial charge in [-0.3, -0.25) is 4.79 Å². The molecule has 0 aliphatic carbocycles. The van der Waals surface area contributed by atoms with Crippen LogP contribution in [0.15, 0.2) is 0 Å². The Bertz CT molecular complexity index is 336. The van der Waals surface area contributed by atoms with Crippen LogP contribution in [0.5, 0.6) is 0 Å². The number of aliphatic carboxylic acids is 1. The molecule has 0 aromatic carbocycles. The number of nitrogens with one attached hydrogen (secondary N) is 1. The van der Waals surface area contributed by atoms with Gasteiger partial charge in [0.15, 0.2) is 0 Å². The summed E-state index contributed by atoms with van der Waals surface area (Å²) in [4.78, 5) is 25.1. The normalized spacial score (nSPS) is 22.8. The van der Waals surface area contributed by atoms with Crippen LogP contribution in [-0.4, -0.2) is 53.6 Å². The van der Waals surface area contributed by atoms with Gasteiger partial charge in [0.05, 0.1) is 5.41 Å². The summed E-state index contributed by atoms with van der Waals surface area (Å²) >= 11 is 1.75. The quantitative estimate of drug-likeness (QED) is 0.732. The molecule has 1 fully saturated rings. The molecule has 5 nitrogen and oxygen atoms in total. The minimum absolute atomic E-state index is 0.0271. The summed E-state index contributed by atoms with van der Waals surface area (Å²) in [5.41, 5.74) is -0.781. The monoisotopic (exact) mass is 288 g/mol. The Hall–Kier alpha value is -0.910. The van der Waals surface area contributed by atoms with E-state index in [0.717, 1.165) is 12.2 Å². The summed E-state index contributed by atoms with van der Waals surface area (Å²) in [6.07, 6.45) is 3.51. The van der Waals surface area contributed by atoms with Crippen LogP contribution >= 0.6 is 11.8 Å². The molecule has 0 radical (unpaired) electrons. The van der Waals surface area contributed by atoms with Crippen LogP contribution in [0, 0.1) is 11.3 Å². The topological polar surface area (TPSA) is 69.6 Å². The summed E-state index contributed by atoms with van der Waals surface area (Å²) in [5, 5.41) is 12.3. The lowest BCUT2D eigenvalue weighted by Crippen LogP contribution is -2.44. The third-order valence-corrected chi connectivity index (χ3v) is 4.62. The highest BCUT2D eigenvalue weighted by atomic mass is 32.2. The highest BCUT2D eigenvalue weighted by Gasteiger charge is 2.48. The summed E-state index contributed by atoms with van der Waals surface area (Å²) in [5.74, 6) is 0.255. The third-order valence-electron chi connectivity index (χ3n) is 3.92. The number of hydrogen-bond donors (Lipinski definition) is 2. The van der Waals surface area contributed by atoms with Crippen molar-refractivity contribution in [3.05, 3.63) is 0 Å². The van der Waals surface area contributed by atoms with E-state index in [1.54, 1.807) is 16.7 Å². The molecule has 1 rings (SSSR count). The van der Waals surface area contributed by atoms with E-state index in [2.05, 4.69) is 5.32 Å². The number of thioether (sulfide) groups is 1. The van der Waals surface area contributed by atoms with E-state index < -0.39 is 11.4 Å². The second kappa shape index (κ2) is 7.03. The van der Waals surface area contributed by atoms with Crippen molar-refractivity contribution in [3.8, 4) is 0 Å². The van der Waals surface area contributed by atoms with Gasteiger partial charge < -0.3 is 15.3 Å². The second-order valence-corrected chi connectivity index (χ2v) is 6.35. The minimum Gasteiger partial charge on any atom is -0.481 e. The van der Waals surface area contributed by atoms with Crippen molar-refractivity contribution in [2.45, 2.75) is 26.7 Å². The number of carbonyl (C=O) groups excluding carboxylic acids is 1. The molecule has 19 heavy (non-hydrogen) atoms. The number of carbonyl (C=O) groups is 2. The summed E-state index contributed by atoms with van der Waals surface area (Å²) < 4.78 is 0. The predicted molar refractivity (Wildman–Crippen MR) is 77.5 cm³/mol. The first-order valence-electron chi connectivity index (χ1n) is 6.69. The fourth-order valence-corrected chi connectivity index (χ4v) is 2.86. The maximum atomic E-state index is 12.0. The number of amides is 2. The number of rotatable bonds is 6. The highest BCUT2D eigenvalue weighted by Crippen LogP contribution is 2.38. The highest BCUT2D eigenvalue weighted by molar-refractivity contribution is 7.98. The fraction of sp³-hybridized carbons (Fsp3) is 0.846. The Morgan fingerprint density at radius 3 is 2.63 bits per heavy atom. The zero-order chi connectivity index (χ0) is 14.5. The number of urea groups is 1. The van der Waals surface area contributed by atoms with E-state index in [-0.39, 0.29) is 11.9 Å². The molecule has 1 saturated heterocycles. The van der Waals surface area contributed by atoms with Crippen molar-refractivity contribution in [2.24, 2.45) is 11.3 Å². The standard InChI is InChI=1S/C13H24N2O3S/c1-10(2)13(11(16)17)5-7-15(9-13)12(18)14-6-4-8-19-3/h10H,4-9H2,1-3H3,(H,14,18)(H,16,17). The SMILES string of the molecule is CSCCCNC(=O)N1CCC(C(=O)O)(C(C)C)C1. The molecular formula is C13H24N2O3S. The molecule has 2 N–H and O–H groups in total. The first-order chi connectivity index (χ1) is 8.94. The average Bonchev–Trinajstić information content (AvgIpc) is 2.81. The number of carboxylic acids is 1. The van der Waals surface area contributed by atoms with E-state index >= 15 is 0 Å². The lowest BCUT2D eigenvalue weighted by atomic mass is 9.76. The molecule has 0 spiro atoms. The maximum Gasteiger partial charge on any atom is 0.317 e. The van der Waals surface area contributed by atoms with Crippen LogP contribution in [0.4, 0.5) is 4.79 Å². The number of hydrogen-bond acceptors (Lipinski definition) is 3. The lowest BCUT2D eigenvalue weighted by Gasteiger charge is -2.28. The molecule has 1 aliphatic rings. The fourth-order valence-electron chi connectivity index (χ4n) is 2.42. The van der Waals surface area contributed by atoms with Gasteiger partial charge in [-0.05, 0) is 30.8 Å². The van der Waals surface area contributed by atoms with Crippen molar-refractivity contribution in [1.29, 1.82) is 0 Å². The van der Waals surface area contributed by atoms with Gasteiger partial charge in [-0.15, -0.1) is 0 Å². The van der Waals surface area contributed by atoms with E-state index in [1.165, 1.54) is 0 Å². The zero-order valence-corrected chi connectivity index (χ0v) is 12.8.